The lowest BCUT2D eigenvalue weighted by molar-refractivity contribution is 0.0592. The first-order chi connectivity index (χ1) is 6.97. The summed E-state index contributed by atoms with van der Waals surface area (Å²) in [5, 5.41) is 0. The summed E-state index contributed by atoms with van der Waals surface area (Å²) in [6.45, 7) is 0. The topological polar surface area (TPSA) is 39.2 Å². The number of hydrogen-bond donors (Lipinski definition) is 0. The number of methoxy groups -OCH3 is 1. The highest BCUT2D eigenvalue weighted by Gasteiger charge is 2.20. The van der Waals surface area contributed by atoms with E-state index in [0.717, 1.165) is 0 Å². The van der Waals surface area contributed by atoms with Crippen molar-refractivity contribution in [2.24, 2.45) is 0 Å². The van der Waals surface area contributed by atoms with Gasteiger partial charge in [-0.2, -0.15) is 0 Å². The smallest absolute Gasteiger partial charge is 0.356 e. The van der Waals surface area contributed by atoms with Crippen LogP contribution in [0.1, 0.15) is 22.6 Å². The quantitative estimate of drug-likeness (QED) is 0.574. The number of esters is 1. The highest BCUT2D eigenvalue weighted by molar-refractivity contribution is 14.1. The molecule has 0 saturated carbocycles. The van der Waals surface area contributed by atoms with E-state index >= 15 is 0 Å². The Bertz CT molecular complexity index is 400. The van der Waals surface area contributed by atoms with Crippen LogP contribution in [0.2, 0.25) is 0 Å². The molecule has 1 heterocycles. The van der Waals surface area contributed by atoms with Crippen LogP contribution in [0.15, 0.2) is 10.5 Å². The Labute approximate surface area is 106 Å². The van der Waals surface area contributed by atoms with Gasteiger partial charge in [0.05, 0.1) is 11.6 Å². The molecule has 0 unspecified atom stereocenters. The molecule has 0 amide bonds. The minimum atomic E-state index is -2.74. The SMILES string of the molecule is COC(=O)c1cc(I)c(Br)c(C(F)F)n1. The number of carbonyl (C=O) groups excluding carboxylic acids is 1. The van der Waals surface area contributed by atoms with E-state index in [-0.39, 0.29) is 10.2 Å². The van der Waals surface area contributed by atoms with Crippen molar-refractivity contribution in [2.45, 2.75) is 6.43 Å². The fourth-order valence-electron chi connectivity index (χ4n) is 0.871. The fraction of sp³-hybridized carbons (Fsp3) is 0.250. The van der Waals surface area contributed by atoms with Gasteiger partial charge in [0.2, 0.25) is 0 Å². The third kappa shape index (κ3) is 2.83. The van der Waals surface area contributed by atoms with Crippen molar-refractivity contribution in [2.75, 3.05) is 7.11 Å². The second-order valence-electron chi connectivity index (χ2n) is 2.48. The summed E-state index contributed by atoms with van der Waals surface area (Å²) in [5.74, 6) is -0.734. The molecule has 0 aliphatic carbocycles. The lowest BCUT2D eigenvalue weighted by atomic mass is 10.3. The van der Waals surface area contributed by atoms with Crippen molar-refractivity contribution < 1.29 is 18.3 Å². The van der Waals surface area contributed by atoms with Crippen molar-refractivity contribution in [3.05, 3.63) is 25.5 Å². The van der Waals surface area contributed by atoms with E-state index in [4.69, 9.17) is 0 Å². The van der Waals surface area contributed by atoms with Crippen LogP contribution < -0.4 is 0 Å². The van der Waals surface area contributed by atoms with Crippen LogP contribution in [0.3, 0.4) is 0 Å². The van der Waals surface area contributed by atoms with Gasteiger partial charge in [-0.05, 0) is 44.6 Å². The molecule has 7 heteroatoms. The van der Waals surface area contributed by atoms with Gasteiger partial charge in [-0.3, -0.25) is 0 Å². The molecule has 0 N–H and O–H groups in total. The van der Waals surface area contributed by atoms with Crippen molar-refractivity contribution in [1.29, 1.82) is 0 Å². The fourth-order valence-corrected chi connectivity index (χ4v) is 1.82. The molecular formula is C8H5BrF2INO2. The summed E-state index contributed by atoms with van der Waals surface area (Å²) in [6, 6.07) is 1.38. The average molecular weight is 392 g/mol. The molecular weight excluding hydrogens is 387 g/mol. The number of carbonyl (C=O) groups is 1. The molecule has 0 radical (unpaired) electrons. The first-order valence-electron chi connectivity index (χ1n) is 3.69. The van der Waals surface area contributed by atoms with E-state index in [9.17, 15) is 13.6 Å². The van der Waals surface area contributed by atoms with Crippen molar-refractivity contribution in [3.63, 3.8) is 0 Å². The number of pyridine rings is 1. The number of hydrogen-bond acceptors (Lipinski definition) is 3. The Morgan fingerprint density at radius 3 is 2.73 bits per heavy atom. The van der Waals surface area contributed by atoms with E-state index in [1.165, 1.54) is 13.2 Å². The second kappa shape index (κ2) is 5.15. The maximum atomic E-state index is 12.5. The van der Waals surface area contributed by atoms with Gasteiger partial charge in [0.15, 0.2) is 0 Å². The zero-order valence-corrected chi connectivity index (χ0v) is 11.2. The monoisotopic (exact) mass is 391 g/mol. The first-order valence-corrected chi connectivity index (χ1v) is 5.57. The highest BCUT2D eigenvalue weighted by atomic mass is 127. The lowest BCUT2D eigenvalue weighted by Crippen LogP contribution is -2.08. The van der Waals surface area contributed by atoms with E-state index < -0.39 is 18.1 Å². The molecule has 1 aromatic rings. The average Bonchev–Trinajstić information content (AvgIpc) is 2.20. The number of ether oxygens (including phenoxy) is 1. The molecule has 0 spiro atoms. The summed E-state index contributed by atoms with van der Waals surface area (Å²) in [4.78, 5) is 14.6. The maximum Gasteiger partial charge on any atom is 0.356 e. The van der Waals surface area contributed by atoms with Gasteiger partial charge in [-0.1, -0.05) is 0 Å². The van der Waals surface area contributed by atoms with Crippen LogP contribution >= 0.6 is 38.5 Å². The van der Waals surface area contributed by atoms with Crippen LogP contribution in [-0.2, 0) is 4.74 Å². The zero-order valence-electron chi connectivity index (χ0n) is 7.43. The van der Waals surface area contributed by atoms with Crippen LogP contribution in [0, 0.1) is 3.57 Å². The van der Waals surface area contributed by atoms with Gasteiger partial charge in [0.25, 0.3) is 6.43 Å². The Balaban J connectivity index is 3.29. The normalized spacial score (nSPS) is 10.5. The highest BCUT2D eigenvalue weighted by Crippen LogP contribution is 2.30. The van der Waals surface area contributed by atoms with Gasteiger partial charge in [-0.25, -0.2) is 18.6 Å². The number of rotatable bonds is 2. The van der Waals surface area contributed by atoms with Crippen LogP contribution in [0.4, 0.5) is 8.78 Å². The van der Waals surface area contributed by atoms with Crippen LogP contribution in [-0.4, -0.2) is 18.1 Å². The Hall–Kier alpha value is -0.310. The Morgan fingerprint density at radius 2 is 2.27 bits per heavy atom. The second-order valence-corrected chi connectivity index (χ2v) is 4.44. The zero-order chi connectivity index (χ0) is 11.6. The molecule has 15 heavy (non-hydrogen) atoms. The summed E-state index contributed by atoms with van der Waals surface area (Å²) >= 11 is 4.81. The molecule has 0 atom stereocenters. The molecule has 1 aromatic heterocycles. The van der Waals surface area contributed by atoms with Gasteiger partial charge in [0.1, 0.15) is 11.4 Å². The molecule has 3 nitrogen and oxygen atoms in total. The first kappa shape index (κ1) is 12.8. The largest absolute Gasteiger partial charge is 0.464 e. The summed E-state index contributed by atoms with van der Waals surface area (Å²) < 4.78 is 30.1. The van der Waals surface area contributed by atoms with Gasteiger partial charge >= 0.3 is 5.97 Å². The number of nitrogens with zero attached hydrogens (tertiary/aromatic N) is 1. The van der Waals surface area contributed by atoms with E-state index in [1.54, 1.807) is 0 Å². The molecule has 0 saturated heterocycles. The standard InChI is InChI=1S/C8H5BrF2INO2/c1-15-8(14)4-2-3(12)5(9)6(13-4)7(10)11/h2,7H,1H3. The Morgan fingerprint density at radius 1 is 1.67 bits per heavy atom. The molecule has 0 aliphatic rings. The van der Waals surface area contributed by atoms with Crippen molar-refractivity contribution in [3.8, 4) is 0 Å². The van der Waals surface area contributed by atoms with Crippen LogP contribution in [0.5, 0.6) is 0 Å². The number of aromatic nitrogens is 1. The molecule has 0 aliphatic heterocycles. The van der Waals surface area contributed by atoms with E-state index in [0.29, 0.717) is 3.57 Å². The summed E-state index contributed by atoms with van der Waals surface area (Å²) in [7, 11) is 1.17. The maximum absolute atomic E-state index is 12.5. The predicted molar refractivity (Wildman–Crippen MR) is 61.0 cm³/mol. The molecule has 0 aromatic carbocycles. The number of alkyl halides is 2. The number of halogens is 4. The molecule has 0 bridgehead atoms. The summed E-state index contributed by atoms with van der Waals surface area (Å²) in [5.41, 5.74) is -0.581. The van der Waals surface area contributed by atoms with Gasteiger partial charge < -0.3 is 4.74 Å². The van der Waals surface area contributed by atoms with E-state index in [1.807, 2.05) is 22.6 Å². The van der Waals surface area contributed by atoms with Gasteiger partial charge in [0, 0.05) is 3.57 Å². The third-order valence-electron chi connectivity index (χ3n) is 1.54. The third-order valence-corrected chi connectivity index (χ3v) is 3.97. The predicted octanol–water partition coefficient (Wildman–Crippen LogP) is 3.17. The van der Waals surface area contributed by atoms with Crippen molar-refractivity contribution in [1.82, 2.24) is 4.98 Å². The Kier molecular flexibility index (Phi) is 4.38. The lowest BCUT2D eigenvalue weighted by Gasteiger charge is -2.06. The van der Waals surface area contributed by atoms with Gasteiger partial charge in [-0.15, -0.1) is 0 Å². The minimum absolute atomic E-state index is 0.125. The molecule has 82 valence electrons. The summed E-state index contributed by atoms with van der Waals surface area (Å²) in [6.07, 6.45) is -2.74. The van der Waals surface area contributed by atoms with Crippen LogP contribution in [0.25, 0.3) is 0 Å². The van der Waals surface area contributed by atoms with Crippen molar-refractivity contribution >= 4 is 44.5 Å². The minimum Gasteiger partial charge on any atom is -0.464 e. The molecule has 1 rings (SSSR count). The molecule has 0 fully saturated rings. The van der Waals surface area contributed by atoms with E-state index in [2.05, 4.69) is 25.7 Å².